The number of nitrogens with one attached hydrogen (secondary N) is 1. The van der Waals surface area contributed by atoms with Crippen molar-refractivity contribution < 1.29 is 9.34 Å². The Labute approximate surface area is 142 Å². The number of nitro benzene ring substituents is 1. The number of furan rings is 1. The maximum absolute atomic E-state index is 11.0. The van der Waals surface area contributed by atoms with Crippen LogP contribution in [0.4, 0.5) is 5.69 Å². The van der Waals surface area contributed by atoms with Crippen molar-refractivity contribution in [2.75, 3.05) is 19.6 Å². The van der Waals surface area contributed by atoms with E-state index in [1.54, 1.807) is 25.3 Å². The lowest BCUT2D eigenvalue weighted by Gasteiger charge is -2.28. The first-order valence-electron chi connectivity index (χ1n) is 8.28. The van der Waals surface area contributed by atoms with Crippen molar-refractivity contribution in [1.82, 2.24) is 10.2 Å². The quantitative estimate of drug-likeness (QED) is 0.561. The zero-order valence-electron chi connectivity index (χ0n) is 14.5. The summed E-state index contributed by atoms with van der Waals surface area (Å²) in [6.07, 6.45) is 1.69. The molecule has 1 N–H and O–H groups in total. The van der Waals surface area contributed by atoms with Crippen LogP contribution in [-0.2, 0) is 6.54 Å². The van der Waals surface area contributed by atoms with Crippen LogP contribution in [0.15, 0.2) is 41.0 Å². The van der Waals surface area contributed by atoms with Gasteiger partial charge in [-0.25, -0.2) is 0 Å². The molecule has 1 heterocycles. The van der Waals surface area contributed by atoms with Crippen molar-refractivity contribution in [2.24, 2.45) is 0 Å². The zero-order chi connectivity index (χ0) is 17.5. The molecule has 0 radical (unpaired) electrons. The zero-order valence-corrected chi connectivity index (χ0v) is 14.5. The predicted octanol–water partition coefficient (Wildman–Crippen LogP) is 3.67. The van der Waals surface area contributed by atoms with Crippen LogP contribution in [0.5, 0.6) is 0 Å². The summed E-state index contributed by atoms with van der Waals surface area (Å²) in [5.74, 6) is 0.932. The van der Waals surface area contributed by atoms with E-state index in [0.717, 1.165) is 31.0 Å². The minimum atomic E-state index is -0.333. The van der Waals surface area contributed by atoms with E-state index in [0.29, 0.717) is 12.1 Å². The van der Waals surface area contributed by atoms with Crippen LogP contribution in [0, 0.1) is 17.0 Å². The summed E-state index contributed by atoms with van der Waals surface area (Å²) in [5.41, 5.74) is 1.76. The number of rotatable bonds is 9. The monoisotopic (exact) mass is 331 g/mol. The van der Waals surface area contributed by atoms with Crippen LogP contribution in [0.2, 0.25) is 0 Å². The van der Waals surface area contributed by atoms with Gasteiger partial charge in [-0.1, -0.05) is 26.0 Å². The third-order valence-electron chi connectivity index (χ3n) is 4.26. The Morgan fingerprint density at radius 1 is 1.29 bits per heavy atom. The van der Waals surface area contributed by atoms with Crippen molar-refractivity contribution in [1.29, 1.82) is 0 Å². The highest BCUT2D eigenvalue weighted by molar-refractivity contribution is 5.42. The summed E-state index contributed by atoms with van der Waals surface area (Å²) in [6, 6.07) is 9.39. The molecule has 0 amide bonds. The van der Waals surface area contributed by atoms with Crippen molar-refractivity contribution >= 4 is 5.69 Å². The normalized spacial score (nSPS) is 12.5. The Bertz CT molecular complexity index is 652. The van der Waals surface area contributed by atoms with E-state index in [2.05, 4.69) is 24.1 Å². The number of nitrogens with zero attached hydrogens (tertiary/aromatic N) is 2. The Balaban J connectivity index is 2.03. The van der Waals surface area contributed by atoms with Gasteiger partial charge in [0, 0.05) is 24.7 Å². The van der Waals surface area contributed by atoms with E-state index in [1.807, 2.05) is 18.2 Å². The molecule has 2 rings (SSSR count). The molecule has 0 saturated carbocycles. The summed E-state index contributed by atoms with van der Waals surface area (Å²) in [5, 5.41) is 14.4. The van der Waals surface area contributed by atoms with Gasteiger partial charge < -0.3 is 9.73 Å². The molecule has 1 aromatic heterocycles. The number of hydrogen-bond acceptors (Lipinski definition) is 5. The highest BCUT2D eigenvalue weighted by Gasteiger charge is 2.20. The fourth-order valence-electron chi connectivity index (χ4n) is 2.87. The fraction of sp³-hybridized carbons (Fsp3) is 0.444. The van der Waals surface area contributed by atoms with Gasteiger partial charge in [0.15, 0.2) is 0 Å². The van der Waals surface area contributed by atoms with Crippen molar-refractivity contribution in [3.63, 3.8) is 0 Å². The van der Waals surface area contributed by atoms with Gasteiger partial charge in [0.25, 0.3) is 5.69 Å². The maximum Gasteiger partial charge on any atom is 0.272 e. The van der Waals surface area contributed by atoms with Gasteiger partial charge in [0.05, 0.1) is 17.2 Å². The molecule has 6 nitrogen and oxygen atoms in total. The molecule has 130 valence electrons. The van der Waals surface area contributed by atoms with Gasteiger partial charge in [0.2, 0.25) is 0 Å². The highest BCUT2D eigenvalue weighted by atomic mass is 16.6. The number of nitro groups is 1. The molecule has 0 bridgehead atoms. The van der Waals surface area contributed by atoms with Gasteiger partial charge in [-0.05, 0) is 37.7 Å². The van der Waals surface area contributed by atoms with E-state index in [9.17, 15) is 10.1 Å². The molecule has 1 aromatic carbocycles. The van der Waals surface area contributed by atoms with Gasteiger partial charge in [-0.3, -0.25) is 15.0 Å². The molecule has 1 unspecified atom stereocenters. The van der Waals surface area contributed by atoms with Crippen molar-refractivity contribution in [3.05, 3.63) is 63.6 Å². The molecule has 2 aromatic rings. The van der Waals surface area contributed by atoms with Crippen LogP contribution in [0.1, 0.15) is 36.8 Å². The minimum absolute atomic E-state index is 0.149. The molecule has 0 fully saturated rings. The second kappa shape index (κ2) is 8.61. The summed E-state index contributed by atoms with van der Waals surface area (Å²) in [4.78, 5) is 13.0. The summed E-state index contributed by atoms with van der Waals surface area (Å²) >= 11 is 0. The maximum atomic E-state index is 11.0. The van der Waals surface area contributed by atoms with Gasteiger partial charge in [0.1, 0.15) is 5.76 Å². The third-order valence-corrected chi connectivity index (χ3v) is 4.26. The van der Waals surface area contributed by atoms with E-state index in [1.165, 1.54) is 0 Å². The largest absolute Gasteiger partial charge is 0.468 e. The SMILES string of the molecule is CCN(CC)C(CNCc1ccc(C)c([N+](=O)[O-])c1)c1ccco1. The summed E-state index contributed by atoms with van der Waals surface area (Å²) < 4.78 is 5.58. The predicted molar refractivity (Wildman–Crippen MR) is 93.9 cm³/mol. The van der Waals surface area contributed by atoms with Crippen LogP contribution in [0.25, 0.3) is 0 Å². The summed E-state index contributed by atoms with van der Waals surface area (Å²) in [7, 11) is 0. The Kier molecular flexibility index (Phi) is 6.52. The number of likely N-dealkylation sites (N-methyl/N-ethyl adjacent to an activating group) is 1. The average Bonchev–Trinajstić information content (AvgIpc) is 3.09. The van der Waals surface area contributed by atoms with Crippen LogP contribution in [-0.4, -0.2) is 29.5 Å². The lowest BCUT2D eigenvalue weighted by Crippen LogP contribution is -2.35. The van der Waals surface area contributed by atoms with Gasteiger partial charge in [-0.2, -0.15) is 0 Å². The average molecular weight is 331 g/mol. The van der Waals surface area contributed by atoms with Crippen LogP contribution >= 0.6 is 0 Å². The molecule has 0 aliphatic carbocycles. The van der Waals surface area contributed by atoms with Gasteiger partial charge in [-0.15, -0.1) is 0 Å². The van der Waals surface area contributed by atoms with E-state index < -0.39 is 0 Å². The van der Waals surface area contributed by atoms with Gasteiger partial charge >= 0.3 is 0 Å². The first kappa shape index (κ1) is 18.2. The second-order valence-corrected chi connectivity index (χ2v) is 5.76. The second-order valence-electron chi connectivity index (χ2n) is 5.76. The number of aryl methyl sites for hydroxylation is 1. The Morgan fingerprint density at radius 3 is 2.62 bits per heavy atom. The Morgan fingerprint density at radius 2 is 2.04 bits per heavy atom. The molecular formula is C18H25N3O3. The number of hydrogen-bond donors (Lipinski definition) is 1. The molecular weight excluding hydrogens is 306 g/mol. The third kappa shape index (κ3) is 4.43. The molecule has 0 aliphatic rings. The Hall–Kier alpha value is -2.18. The molecule has 6 heteroatoms. The first-order chi connectivity index (χ1) is 11.6. The van der Waals surface area contributed by atoms with Crippen molar-refractivity contribution in [3.8, 4) is 0 Å². The van der Waals surface area contributed by atoms with Crippen LogP contribution in [0.3, 0.4) is 0 Å². The first-order valence-corrected chi connectivity index (χ1v) is 8.28. The molecule has 0 aliphatic heterocycles. The van der Waals surface area contributed by atoms with E-state index in [4.69, 9.17) is 4.42 Å². The topological polar surface area (TPSA) is 71.5 Å². The van der Waals surface area contributed by atoms with E-state index in [-0.39, 0.29) is 16.7 Å². The van der Waals surface area contributed by atoms with Crippen molar-refractivity contribution in [2.45, 2.75) is 33.4 Å². The standard InChI is InChI=1S/C18H25N3O3/c1-4-20(5-2)17(18-7-6-10-24-18)13-19-12-15-9-8-14(3)16(11-15)21(22)23/h6-11,17,19H,4-5,12-13H2,1-3H3. The minimum Gasteiger partial charge on any atom is -0.468 e. The smallest absolute Gasteiger partial charge is 0.272 e. The lowest BCUT2D eigenvalue weighted by molar-refractivity contribution is -0.385. The van der Waals surface area contributed by atoms with E-state index >= 15 is 0 Å². The highest BCUT2D eigenvalue weighted by Crippen LogP contribution is 2.21. The summed E-state index contributed by atoms with van der Waals surface area (Å²) in [6.45, 7) is 9.17. The molecule has 24 heavy (non-hydrogen) atoms. The lowest BCUT2D eigenvalue weighted by atomic mass is 10.1. The molecule has 0 spiro atoms. The molecule has 0 saturated heterocycles. The van der Waals surface area contributed by atoms with Crippen LogP contribution < -0.4 is 5.32 Å². The molecule has 1 atom stereocenters. The fourth-order valence-corrected chi connectivity index (χ4v) is 2.87. The number of benzene rings is 1.